The molecule has 6 heteroatoms. The summed E-state index contributed by atoms with van der Waals surface area (Å²) in [5.41, 5.74) is 1.29. The first kappa shape index (κ1) is 12.3. The fourth-order valence-electron chi connectivity index (χ4n) is 2.08. The predicted molar refractivity (Wildman–Crippen MR) is 65.4 cm³/mol. The molecule has 1 aromatic carbocycles. The average Bonchev–Trinajstić information content (AvgIpc) is 2.38. The summed E-state index contributed by atoms with van der Waals surface area (Å²) in [4.78, 5) is 12.6. The van der Waals surface area contributed by atoms with Crippen LogP contribution in [0.5, 0.6) is 0 Å². The van der Waals surface area contributed by atoms with Gasteiger partial charge in [-0.15, -0.1) is 0 Å². The van der Waals surface area contributed by atoms with Crippen molar-refractivity contribution in [3.63, 3.8) is 0 Å². The van der Waals surface area contributed by atoms with Crippen molar-refractivity contribution >= 4 is 11.4 Å². The lowest BCUT2D eigenvalue weighted by atomic mass is 10.1. The van der Waals surface area contributed by atoms with Crippen molar-refractivity contribution in [1.29, 1.82) is 5.26 Å². The smallest absolute Gasteiger partial charge is 0.295 e. The number of nitro groups is 1. The van der Waals surface area contributed by atoms with Crippen LogP contribution in [0.2, 0.25) is 0 Å². The Morgan fingerprint density at radius 1 is 1.61 bits per heavy atom. The largest absolute Gasteiger partial charge is 0.360 e. The number of aryl methyl sites for hydroxylation is 1. The van der Waals surface area contributed by atoms with Crippen molar-refractivity contribution in [3.8, 4) is 6.07 Å². The van der Waals surface area contributed by atoms with Crippen LogP contribution in [0.25, 0.3) is 0 Å². The third kappa shape index (κ3) is 2.26. The van der Waals surface area contributed by atoms with Gasteiger partial charge in [0.15, 0.2) is 6.10 Å². The van der Waals surface area contributed by atoms with Crippen molar-refractivity contribution in [2.24, 2.45) is 0 Å². The molecule has 0 N–H and O–H groups in total. The van der Waals surface area contributed by atoms with Crippen LogP contribution in [0.15, 0.2) is 18.2 Å². The Morgan fingerprint density at radius 2 is 2.39 bits per heavy atom. The number of anilines is 1. The molecule has 0 spiro atoms. The lowest BCUT2D eigenvalue weighted by Crippen LogP contribution is -2.42. The summed E-state index contributed by atoms with van der Waals surface area (Å²) < 4.78 is 5.24. The quantitative estimate of drug-likeness (QED) is 0.586. The molecule has 0 aromatic heterocycles. The number of hydrogen-bond acceptors (Lipinski definition) is 5. The van der Waals surface area contributed by atoms with E-state index >= 15 is 0 Å². The zero-order valence-electron chi connectivity index (χ0n) is 10.00. The van der Waals surface area contributed by atoms with Gasteiger partial charge in [0.1, 0.15) is 5.69 Å². The Morgan fingerprint density at radius 3 is 3.06 bits per heavy atom. The van der Waals surface area contributed by atoms with Gasteiger partial charge in [0.05, 0.1) is 24.1 Å². The Kier molecular flexibility index (Phi) is 3.44. The zero-order chi connectivity index (χ0) is 13.1. The number of rotatable bonds is 2. The first-order chi connectivity index (χ1) is 8.63. The molecule has 0 radical (unpaired) electrons. The summed E-state index contributed by atoms with van der Waals surface area (Å²) in [6, 6.07) is 7.24. The highest BCUT2D eigenvalue weighted by molar-refractivity contribution is 5.66. The molecule has 1 aromatic rings. The Balaban J connectivity index is 2.36. The first-order valence-corrected chi connectivity index (χ1v) is 5.63. The molecule has 1 unspecified atom stereocenters. The second-order valence-electron chi connectivity index (χ2n) is 4.13. The molecule has 1 heterocycles. The summed E-state index contributed by atoms with van der Waals surface area (Å²) in [5.74, 6) is 0. The van der Waals surface area contributed by atoms with E-state index in [0.717, 1.165) is 0 Å². The molecule has 1 saturated heterocycles. The highest BCUT2D eigenvalue weighted by Crippen LogP contribution is 2.32. The van der Waals surface area contributed by atoms with Gasteiger partial charge in [-0.1, -0.05) is 12.1 Å². The maximum Gasteiger partial charge on any atom is 0.295 e. The van der Waals surface area contributed by atoms with Crippen LogP contribution in [0.4, 0.5) is 11.4 Å². The van der Waals surface area contributed by atoms with Gasteiger partial charge in [0.2, 0.25) is 0 Å². The second kappa shape index (κ2) is 5.02. The van der Waals surface area contributed by atoms with E-state index in [1.165, 1.54) is 0 Å². The maximum atomic E-state index is 11.1. The molecule has 1 aliphatic heterocycles. The van der Waals surface area contributed by atoms with Gasteiger partial charge in [0.25, 0.3) is 5.69 Å². The molecular formula is C12H13N3O3. The third-order valence-corrected chi connectivity index (χ3v) is 2.95. The standard InChI is InChI=1S/C12H13N3O3/c1-9-3-2-4-11(12(9)15(16)17)14-5-6-18-10(7-13)8-14/h2-4,10H,5-6,8H2,1H3. The summed E-state index contributed by atoms with van der Waals surface area (Å²) >= 11 is 0. The molecule has 0 saturated carbocycles. The summed E-state index contributed by atoms with van der Waals surface area (Å²) in [6.45, 7) is 3.04. The van der Waals surface area contributed by atoms with E-state index in [9.17, 15) is 10.1 Å². The van der Waals surface area contributed by atoms with Gasteiger partial charge in [-0.25, -0.2) is 0 Å². The van der Waals surface area contributed by atoms with Crippen LogP contribution in [-0.2, 0) is 4.74 Å². The van der Waals surface area contributed by atoms with Gasteiger partial charge in [0, 0.05) is 12.1 Å². The van der Waals surface area contributed by atoms with E-state index in [2.05, 4.69) is 0 Å². The minimum atomic E-state index is -0.529. The Hall–Kier alpha value is -2.13. The number of nitriles is 1. The molecule has 1 aliphatic rings. The van der Waals surface area contributed by atoms with Crippen LogP contribution in [-0.4, -0.2) is 30.7 Å². The van der Waals surface area contributed by atoms with Gasteiger partial charge in [-0.05, 0) is 13.0 Å². The predicted octanol–water partition coefficient (Wildman–Crippen LogP) is 1.63. The summed E-state index contributed by atoms with van der Waals surface area (Å²) in [7, 11) is 0. The highest BCUT2D eigenvalue weighted by Gasteiger charge is 2.26. The van der Waals surface area contributed by atoms with Crippen molar-refractivity contribution < 1.29 is 9.66 Å². The molecule has 0 aliphatic carbocycles. The van der Waals surface area contributed by atoms with Gasteiger partial charge in [-0.2, -0.15) is 5.26 Å². The Labute approximate surface area is 105 Å². The average molecular weight is 247 g/mol. The minimum absolute atomic E-state index is 0.107. The van der Waals surface area contributed by atoms with E-state index in [4.69, 9.17) is 10.00 Å². The number of para-hydroxylation sites is 1. The van der Waals surface area contributed by atoms with Crippen LogP contribution in [0.3, 0.4) is 0 Å². The van der Waals surface area contributed by atoms with Crippen molar-refractivity contribution in [3.05, 3.63) is 33.9 Å². The van der Waals surface area contributed by atoms with Crippen LogP contribution in [0.1, 0.15) is 5.56 Å². The van der Waals surface area contributed by atoms with E-state index in [-0.39, 0.29) is 10.6 Å². The molecular weight excluding hydrogens is 234 g/mol. The van der Waals surface area contributed by atoms with Crippen molar-refractivity contribution in [1.82, 2.24) is 0 Å². The molecule has 1 atom stereocenters. The first-order valence-electron chi connectivity index (χ1n) is 5.63. The molecule has 1 fully saturated rings. The third-order valence-electron chi connectivity index (χ3n) is 2.95. The van der Waals surface area contributed by atoms with Crippen molar-refractivity contribution in [2.45, 2.75) is 13.0 Å². The molecule has 0 bridgehead atoms. The van der Waals surface area contributed by atoms with Crippen LogP contribution < -0.4 is 4.90 Å². The number of hydrogen-bond donors (Lipinski definition) is 0. The van der Waals surface area contributed by atoms with Crippen LogP contribution >= 0.6 is 0 Å². The topological polar surface area (TPSA) is 79.4 Å². The number of nitrogens with zero attached hydrogens (tertiary/aromatic N) is 3. The van der Waals surface area contributed by atoms with E-state index in [1.807, 2.05) is 11.0 Å². The van der Waals surface area contributed by atoms with E-state index in [1.54, 1.807) is 25.1 Å². The number of morpholine rings is 1. The number of ether oxygens (including phenoxy) is 1. The Bertz CT molecular complexity index is 510. The fourth-order valence-corrected chi connectivity index (χ4v) is 2.08. The van der Waals surface area contributed by atoms with E-state index in [0.29, 0.717) is 30.9 Å². The number of nitro benzene ring substituents is 1. The number of benzene rings is 1. The maximum absolute atomic E-state index is 11.1. The molecule has 94 valence electrons. The van der Waals surface area contributed by atoms with Gasteiger partial charge >= 0.3 is 0 Å². The molecule has 0 amide bonds. The van der Waals surface area contributed by atoms with Crippen molar-refractivity contribution in [2.75, 3.05) is 24.6 Å². The monoisotopic (exact) mass is 247 g/mol. The molecule has 18 heavy (non-hydrogen) atoms. The highest BCUT2D eigenvalue weighted by atomic mass is 16.6. The molecule has 6 nitrogen and oxygen atoms in total. The van der Waals surface area contributed by atoms with E-state index < -0.39 is 6.10 Å². The van der Waals surface area contributed by atoms with Gasteiger partial charge in [-0.3, -0.25) is 10.1 Å². The van der Waals surface area contributed by atoms with Gasteiger partial charge < -0.3 is 9.64 Å². The van der Waals surface area contributed by atoms with Crippen LogP contribution in [0, 0.1) is 28.4 Å². The normalized spacial score (nSPS) is 19.3. The fraction of sp³-hybridized carbons (Fsp3) is 0.417. The minimum Gasteiger partial charge on any atom is -0.360 e. The second-order valence-corrected chi connectivity index (χ2v) is 4.13. The lowest BCUT2D eigenvalue weighted by molar-refractivity contribution is -0.384. The lowest BCUT2D eigenvalue weighted by Gasteiger charge is -2.31. The molecule has 2 rings (SSSR count). The summed E-state index contributed by atoms with van der Waals surface area (Å²) in [6.07, 6.45) is -0.529. The zero-order valence-corrected chi connectivity index (χ0v) is 10.00. The SMILES string of the molecule is Cc1cccc(N2CCOC(C#N)C2)c1[N+](=O)[O-]. The summed E-state index contributed by atoms with van der Waals surface area (Å²) in [5, 5.41) is 20.0.